The summed E-state index contributed by atoms with van der Waals surface area (Å²) >= 11 is 0. The quantitative estimate of drug-likeness (QED) is 0.751. The molecular weight excluding hydrogens is 306 g/mol. The summed E-state index contributed by atoms with van der Waals surface area (Å²) < 4.78 is 5.99. The van der Waals surface area contributed by atoms with Crippen LogP contribution >= 0.6 is 0 Å². The molecule has 6 nitrogen and oxygen atoms in total. The molecule has 0 aromatic carbocycles. The van der Waals surface area contributed by atoms with Crippen LogP contribution in [0.2, 0.25) is 0 Å². The predicted octanol–water partition coefficient (Wildman–Crippen LogP) is 2.31. The summed E-state index contributed by atoms with van der Waals surface area (Å²) in [5.74, 6) is 2.89. The number of carbonyl (C=O) groups is 2. The average Bonchev–Trinajstić information content (AvgIpc) is 3.50. The topological polar surface area (TPSA) is 74.6 Å². The second-order valence-electron chi connectivity index (χ2n) is 7.09. The van der Waals surface area contributed by atoms with Crippen LogP contribution in [0.3, 0.4) is 0 Å². The fraction of sp³-hybridized carbons (Fsp3) is 0.667. The van der Waals surface area contributed by atoms with Gasteiger partial charge >= 0.3 is 0 Å². The molecule has 2 aliphatic rings. The van der Waals surface area contributed by atoms with Crippen molar-refractivity contribution in [3.05, 3.63) is 23.7 Å². The van der Waals surface area contributed by atoms with Crippen LogP contribution in [0.5, 0.6) is 0 Å². The summed E-state index contributed by atoms with van der Waals surface area (Å²) in [6.45, 7) is 6.48. The largest absolute Gasteiger partial charge is 0.464 e. The Kier molecular flexibility index (Phi) is 4.94. The van der Waals surface area contributed by atoms with E-state index in [4.69, 9.17) is 4.42 Å². The molecule has 0 aliphatic heterocycles. The Morgan fingerprint density at radius 1 is 1.33 bits per heavy atom. The molecule has 3 rings (SSSR count). The van der Waals surface area contributed by atoms with Gasteiger partial charge < -0.3 is 4.42 Å². The highest BCUT2D eigenvalue weighted by molar-refractivity contribution is 5.84. The van der Waals surface area contributed by atoms with Gasteiger partial charge in [-0.15, -0.1) is 0 Å². The highest BCUT2D eigenvalue weighted by Crippen LogP contribution is 2.47. The Hall–Kier alpha value is -1.82. The van der Waals surface area contributed by atoms with Crippen LogP contribution in [0, 0.1) is 5.92 Å². The Morgan fingerprint density at radius 3 is 2.62 bits per heavy atom. The predicted molar refractivity (Wildman–Crippen MR) is 89.8 cm³/mol. The van der Waals surface area contributed by atoms with Crippen molar-refractivity contribution < 1.29 is 14.0 Å². The second kappa shape index (κ2) is 6.97. The molecule has 0 spiro atoms. The third-order valence-electron chi connectivity index (χ3n) is 5.03. The zero-order valence-corrected chi connectivity index (χ0v) is 14.7. The van der Waals surface area contributed by atoms with E-state index in [2.05, 4.69) is 28.7 Å². The summed E-state index contributed by atoms with van der Waals surface area (Å²) in [5.41, 5.74) is 4.95. The van der Waals surface area contributed by atoms with Crippen molar-refractivity contribution >= 4 is 11.8 Å². The third kappa shape index (κ3) is 3.98. The van der Waals surface area contributed by atoms with Crippen molar-refractivity contribution in [3.63, 3.8) is 0 Å². The third-order valence-corrected chi connectivity index (χ3v) is 5.03. The van der Waals surface area contributed by atoms with E-state index in [1.807, 2.05) is 13.0 Å². The number of rotatable bonds is 7. The molecule has 1 heterocycles. The van der Waals surface area contributed by atoms with Crippen molar-refractivity contribution in [1.82, 2.24) is 15.8 Å². The van der Waals surface area contributed by atoms with Gasteiger partial charge in [-0.3, -0.25) is 25.3 Å². The molecule has 2 amide bonds. The fourth-order valence-electron chi connectivity index (χ4n) is 3.04. The summed E-state index contributed by atoms with van der Waals surface area (Å²) in [7, 11) is 0. The normalized spacial score (nSPS) is 23.8. The molecule has 0 radical (unpaired) electrons. The van der Waals surface area contributed by atoms with Gasteiger partial charge in [0, 0.05) is 18.4 Å². The van der Waals surface area contributed by atoms with Gasteiger partial charge in [0.05, 0.1) is 12.6 Å². The molecule has 24 heavy (non-hydrogen) atoms. The molecule has 0 unspecified atom stereocenters. The van der Waals surface area contributed by atoms with Crippen molar-refractivity contribution in [1.29, 1.82) is 0 Å². The lowest BCUT2D eigenvalue weighted by atomic mass is 10.2. The van der Waals surface area contributed by atoms with Gasteiger partial charge in [-0.25, -0.2) is 0 Å². The lowest BCUT2D eigenvalue weighted by Crippen LogP contribution is -2.51. The fourth-order valence-corrected chi connectivity index (χ4v) is 3.04. The average molecular weight is 333 g/mol. The molecule has 0 saturated heterocycles. The number of carbonyl (C=O) groups excluding carboxylic acids is 2. The Labute approximate surface area is 142 Å². The van der Waals surface area contributed by atoms with Crippen molar-refractivity contribution in [2.45, 2.75) is 71.0 Å². The highest BCUT2D eigenvalue weighted by Gasteiger charge is 2.38. The molecular formula is C18H27N3O3. The number of nitrogens with zero attached hydrogens (tertiary/aromatic N) is 1. The molecule has 2 fully saturated rings. The van der Waals surface area contributed by atoms with Crippen molar-refractivity contribution in [3.8, 4) is 0 Å². The minimum atomic E-state index is -0.317. The second-order valence-corrected chi connectivity index (χ2v) is 7.09. The highest BCUT2D eigenvalue weighted by atomic mass is 16.3. The van der Waals surface area contributed by atoms with Crippen LogP contribution < -0.4 is 10.9 Å². The summed E-state index contributed by atoms with van der Waals surface area (Å²) in [6.07, 6.45) is 3.75. The number of hydrazine groups is 1. The van der Waals surface area contributed by atoms with E-state index in [9.17, 15) is 9.59 Å². The van der Waals surface area contributed by atoms with E-state index in [0.717, 1.165) is 30.3 Å². The standard InChI is InChI=1S/C18H27N3O3/c1-4-17(22)19-20-18(23)12(3)21(13-5-6-13)10-14-7-8-16(24-14)15-9-11(15)2/h7-8,11-13,15H,4-6,9-10H2,1-3H3,(H,19,22)(H,20,23)/t11-,12+,15-/m1/s1. The number of amides is 2. The first-order valence-electron chi connectivity index (χ1n) is 8.92. The Balaban J connectivity index is 1.58. The molecule has 0 bridgehead atoms. The van der Waals surface area contributed by atoms with Crippen molar-refractivity contribution in [2.75, 3.05) is 0 Å². The summed E-state index contributed by atoms with van der Waals surface area (Å²) in [4.78, 5) is 25.7. The van der Waals surface area contributed by atoms with Crippen LogP contribution in [-0.2, 0) is 16.1 Å². The van der Waals surface area contributed by atoms with Crippen LogP contribution in [0.25, 0.3) is 0 Å². The van der Waals surface area contributed by atoms with Crippen molar-refractivity contribution in [2.24, 2.45) is 5.92 Å². The minimum Gasteiger partial charge on any atom is -0.464 e. The molecule has 3 atom stereocenters. The first kappa shape index (κ1) is 17.0. The smallest absolute Gasteiger partial charge is 0.255 e. The molecule has 2 saturated carbocycles. The Morgan fingerprint density at radius 2 is 2.04 bits per heavy atom. The van der Waals surface area contributed by atoms with E-state index in [-0.39, 0.29) is 17.9 Å². The van der Waals surface area contributed by atoms with Gasteiger partial charge in [-0.1, -0.05) is 13.8 Å². The van der Waals surface area contributed by atoms with E-state index < -0.39 is 0 Å². The first-order chi connectivity index (χ1) is 11.5. The van der Waals surface area contributed by atoms with E-state index in [1.165, 1.54) is 6.42 Å². The maximum absolute atomic E-state index is 12.3. The number of hydrogen-bond donors (Lipinski definition) is 2. The molecule has 1 aromatic heterocycles. The van der Waals surface area contributed by atoms with Crippen LogP contribution in [0.15, 0.2) is 16.5 Å². The first-order valence-corrected chi connectivity index (χ1v) is 8.92. The maximum Gasteiger partial charge on any atom is 0.255 e. The van der Waals surface area contributed by atoms with Gasteiger partial charge in [-0.2, -0.15) is 0 Å². The summed E-state index contributed by atoms with van der Waals surface area (Å²) in [6, 6.07) is 4.20. The summed E-state index contributed by atoms with van der Waals surface area (Å²) in [5, 5.41) is 0. The number of hydrogen-bond acceptors (Lipinski definition) is 4. The lowest BCUT2D eigenvalue weighted by Gasteiger charge is -2.27. The number of nitrogens with one attached hydrogen (secondary N) is 2. The molecule has 132 valence electrons. The zero-order chi connectivity index (χ0) is 17.3. The molecule has 6 heteroatoms. The van der Waals surface area contributed by atoms with Gasteiger partial charge in [0.15, 0.2) is 0 Å². The van der Waals surface area contributed by atoms with Gasteiger partial charge in [0.2, 0.25) is 5.91 Å². The Bertz CT molecular complexity index is 608. The lowest BCUT2D eigenvalue weighted by molar-refractivity contribution is -0.132. The van der Waals surface area contributed by atoms with Crippen LogP contribution in [-0.4, -0.2) is 28.8 Å². The van der Waals surface area contributed by atoms with Crippen LogP contribution in [0.1, 0.15) is 63.9 Å². The van der Waals surface area contributed by atoms with E-state index in [0.29, 0.717) is 24.9 Å². The SMILES string of the molecule is CCC(=O)NNC(=O)[C@H](C)N(Cc1ccc([C@@H]2C[C@H]2C)o1)C1CC1. The van der Waals surface area contributed by atoms with E-state index >= 15 is 0 Å². The van der Waals surface area contributed by atoms with Gasteiger partial charge in [0.25, 0.3) is 5.91 Å². The monoisotopic (exact) mass is 333 g/mol. The molecule has 1 aromatic rings. The van der Waals surface area contributed by atoms with E-state index in [1.54, 1.807) is 6.92 Å². The minimum absolute atomic E-state index is 0.189. The van der Waals surface area contributed by atoms with Gasteiger partial charge in [-0.05, 0) is 44.2 Å². The zero-order valence-electron chi connectivity index (χ0n) is 14.7. The number of furan rings is 1. The van der Waals surface area contributed by atoms with Gasteiger partial charge in [0.1, 0.15) is 11.5 Å². The van der Waals surface area contributed by atoms with Crippen LogP contribution in [0.4, 0.5) is 0 Å². The maximum atomic E-state index is 12.3. The molecule has 2 N–H and O–H groups in total. The molecule has 2 aliphatic carbocycles.